The molecule has 0 spiro atoms. The largest absolute Gasteiger partial charge is 0.490 e. The summed E-state index contributed by atoms with van der Waals surface area (Å²) < 4.78 is 8.29. The molecule has 0 bridgehead atoms. The highest BCUT2D eigenvalue weighted by Crippen LogP contribution is 2.32. The van der Waals surface area contributed by atoms with Gasteiger partial charge in [0.05, 0.1) is 23.1 Å². The standard InChI is InChI=1S/C29H34N4O5/c1-20-13-14-25-24(18-20)31(16-17-38-25)27(35)19-33-23-11-5-4-10-22(23)28(36)32(29(33)37)15-7-6-12-26(34)30-21-8-2-3-9-21/h4-5,10-11,13-14,18,21H,2-3,6-9,12,15-17,19H2,1H3,(H,30,34). The molecule has 9 heteroatoms. The van der Waals surface area contributed by atoms with Crippen LogP contribution in [0, 0.1) is 6.92 Å². The molecule has 1 aliphatic heterocycles. The van der Waals surface area contributed by atoms with E-state index in [0.29, 0.717) is 54.8 Å². The van der Waals surface area contributed by atoms with Crippen LogP contribution in [0.2, 0.25) is 0 Å². The minimum Gasteiger partial charge on any atom is -0.490 e. The minimum atomic E-state index is -0.518. The number of anilines is 1. The van der Waals surface area contributed by atoms with Gasteiger partial charge in [-0.15, -0.1) is 0 Å². The first-order valence-corrected chi connectivity index (χ1v) is 13.5. The fraction of sp³-hybridized carbons (Fsp3) is 0.448. The number of aryl methyl sites for hydroxylation is 1. The van der Waals surface area contributed by atoms with Crippen LogP contribution in [0.25, 0.3) is 10.9 Å². The number of nitrogens with zero attached hydrogens (tertiary/aromatic N) is 3. The van der Waals surface area contributed by atoms with Crippen LogP contribution >= 0.6 is 0 Å². The molecule has 1 aliphatic carbocycles. The number of fused-ring (bicyclic) bond motifs is 2. The zero-order valence-electron chi connectivity index (χ0n) is 21.8. The predicted molar refractivity (Wildman–Crippen MR) is 146 cm³/mol. The molecule has 1 N–H and O–H groups in total. The van der Waals surface area contributed by atoms with Crippen LogP contribution in [0.1, 0.15) is 50.5 Å². The number of unbranched alkanes of at least 4 members (excludes halogenated alkanes) is 1. The van der Waals surface area contributed by atoms with E-state index in [2.05, 4.69) is 5.32 Å². The van der Waals surface area contributed by atoms with E-state index in [1.807, 2.05) is 25.1 Å². The lowest BCUT2D eigenvalue weighted by Gasteiger charge is -2.30. The molecule has 1 saturated carbocycles. The Morgan fingerprint density at radius 2 is 1.82 bits per heavy atom. The van der Waals surface area contributed by atoms with Gasteiger partial charge in [-0.25, -0.2) is 4.79 Å². The summed E-state index contributed by atoms with van der Waals surface area (Å²) in [6, 6.07) is 12.8. The highest BCUT2D eigenvalue weighted by molar-refractivity contribution is 5.96. The Morgan fingerprint density at radius 3 is 2.63 bits per heavy atom. The average Bonchev–Trinajstić information content (AvgIpc) is 3.43. The number of benzene rings is 2. The lowest BCUT2D eigenvalue weighted by Crippen LogP contribution is -2.45. The summed E-state index contributed by atoms with van der Waals surface area (Å²) in [4.78, 5) is 54.1. The third-order valence-corrected chi connectivity index (χ3v) is 7.46. The number of ether oxygens (including phenoxy) is 1. The summed E-state index contributed by atoms with van der Waals surface area (Å²) >= 11 is 0. The number of rotatable bonds is 8. The Labute approximate surface area is 221 Å². The van der Waals surface area contributed by atoms with Crippen molar-refractivity contribution in [2.24, 2.45) is 0 Å². The molecule has 200 valence electrons. The van der Waals surface area contributed by atoms with Crippen LogP contribution in [-0.4, -0.2) is 40.1 Å². The molecule has 0 saturated heterocycles. The van der Waals surface area contributed by atoms with Crippen molar-refractivity contribution in [3.05, 3.63) is 68.9 Å². The SMILES string of the molecule is Cc1ccc2c(c1)N(C(=O)Cn1c(=O)n(CCCCC(=O)NC3CCCC3)c(=O)c3ccccc31)CCO2. The van der Waals surface area contributed by atoms with Gasteiger partial charge in [-0.1, -0.05) is 31.0 Å². The molecule has 5 rings (SSSR count). The van der Waals surface area contributed by atoms with Crippen LogP contribution in [0.3, 0.4) is 0 Å². The van der Waals surface area contributed by atoms with Gasteiger partial charge in [0.1, 0.15) is 18.9 Å². The van der Waals surface area contributed by atoms with Gasteiger partial charge in [0.15, 0.2) is 0 Å². The van der Waals surface area contributed by atoms with Gasteiger partial charge in [0.25, 0.3) is 5.56 Å². The van der Waals surface area contributed by atoms with E-state index < -0.39 is 5.69 Å². The monoisotopic (exact) mass is 518 g/mol. The van der Waals surface area contributed by atoms with Gasteiger partial charge in [-0.3, -0.25) is 23.5 Å². The van der Waals surface area contributed by atoms with Crippen LogP contribution in [0.5, 0.6) is 5.75 Å². The molecule has 1 aromatic heterocycles. The molecule has 0 atom stereocenters. The van der Waals surface area contributed by atoms with E-state index in [1.165, 1.54) is 9.13 Å². The third-order valence-electron chi connectivity index (χ3n) is 7.46. The number of carbonyl (C=O) groups excluding carboxylic acids is 2. The highest BCUT2D eigenvalue weighted by Gasteiger charge is 2.25. The van der Waals surface area contributed by atoms with Gasteiger partial charge in [0, 0.05) is 19.0 Å². The number of amides is 2. The zero-order chi connectivity index (χ0) is 26.6. The van der Waals surface area contributed by atoms with Crippen molar-refractivity contribution in [1.29, 1.82) is 0 Å². The Morgan fingerprint density at radius 1 is 1.03 bits per heavy atom. The maximum absolute atomic E-state index is 13.5. The van der Waals surface area contributed by atoms with Crippen molar-refractivity contribution in [1.82, 2.24) is 14.5 Å². The number of carbonyl (C=O) groups is 2. The molecule has 2 amide bonds. The molecule has 2 aromatic carbocycles. The van der Waals surface area contributed by atoms with E-state index in [4.69, 9.17) is 4.74 Å². The van der Waals surface area contributed by atoms with Crippen molar-refractivity contribution in [3.63, 3.8) is 0 Å². The Balaban J connectivity index is 1.35. The molecule has 38 heavy (non-hydrogen) atoms. The van der Waals surface area contributed by atoms with Crippen molar-refractivity contribution in [3.8, 4) is 5.75 Å². The summed E-state index contributed by atoms with van der Waals surface area (Å²) in [6.07, 6.45) is 5.82. The van der Waals surface area contributed by atoms with Gasteiger partial charge >= 0.3 is 5.69 Å². The fourth-order valence-electron chi connectivity index (χ4n) is 5.45. The van der Waals surface area contributed by atoms with Crippen LogP contribution in [0.4, 0.5) is 5.69 Å². The first kappa shape index (κ1) is 25.8. The molecule has 2 aliphatic rings. The average molecular weight is 519 g/mol. The van der Waals surface area contributed by atoms with Crippen molar-refractivity contribution in [2.75, 3.05) is 18.1 Å². The first-order chi connectivity index (χ1) is 18.4. The Hall–Kier alpha value is -3.88. The minimum absolute atomic E-state index is 0.0202. The topological polar surface area (TPSA) is 103 Å². The maximum atomic E-state index is 13.5. The van der Waals surface area contributed by atoms with Crippen molar-refractivity contribution < 1.29 is 14.3 Å². The zero-order valence-corrected chi connectivity index (χ0v) is 21.8. The number of hydrogen-bond donors (Lipinski definition) is 1. The smallest absolute Gasteiger partial charge is 0.331 e. The third kappa shape index (κ3) is 5.37. The number of nitrogens with one attached hydrogen (secondary N) is 1. The van der Waals surface area contributed by atoms with E-state index in [1.54, 1.807) is 29.2 Å². The molecule has 3 aromatic rings. The summed E-state index contributed by atoms with van der Waals surface area (Å²) in [5.74, 6) is 0.405. The normalized spacial score (nSPS) is 15.3. The number of aromatic nitrogens is 2. The van der Waals surface area contributed by atoms with E-state index >= 15 is 0 Å². The summed E-state index contributed by atoms with van der Waals surface area (Å²) in [7, 11) is 0. The second-order valence-electron chi connectivity index (χ2n) is 10.2. The van der Waals surface area contributed by atoms with Gasteiger partial charge in [-0.2, -0.15) is 0 Å². The molecule has 9 nitrogen and oxygen atoms in total. The summed E-state index contributed by atoms with van der Waals surface area (Å²) in [5, 5.41) is 3.46. The van der Waals surface area contributed by atoms with Gasteiger partial charge in [-0.05, 0) is 62.4 Å². The van der Waals surface area contributed by atoms with E-state index in [9.17, 15) is 19.2 Å². The van der Waals surface area contributed by atoms with Crippen molar-refractivity contribution in [2.45, 2.75) is 71.0 Å². The van der Waals surface area contributed by atoms with Gasteiger partial charge in [0.2, 0.25) is 11.8 Å². The second-order valence-corrected chi connectivity index (χ2v) is 10.2. The van der Waals surface area contributed by atoms with Crippen LogP contribution in [0.15, 0.2) is 52.1 Å². The van der Waals surface area contributed by atoms with Crippen LogP contribution < -0.4 is 26.2 Å². The summed E-state index contributed by atoms with van der Waals surface area (Å²) in [6.45, 7) is 2.68. The molecular weight excluding hydrogens is 484 g/mol. The molecule has 2 heterocycles. The molecule has 0 unspecified atom stereocenters. The van der Waals surface area contributed by atoms with Crippen LogP contribution in [-0.2, 0) is 22.7 Å². The van der Waals surface area contributed by atoms with Crippen molar-refractivity contribution >= 4 is 28.4 Å². The fourth-order valence-corrected chi connectivity index (χ4v) is 5.45. The lowest BCUT2D eigenvalue weighted by atomic mass is 10.1. The summed E-state index contributed by atoms with van der Waals surface area (Å²) in [5.41, 5.74) is 1.22. The Kier molecular flexibility index (Phi) is 7.62. The molecular formula is C29H34N4O5. The van der Waals surface area contributed by atoms with Gasteiger partial charge < -0.3 is 15.0 Å². The molecule has 1 fully saturated rings. The first-order valence-electron chi connectivity index (χ1n) is 13.5. The lowest BCUT2D eigenvalue weighted by molar-refractivity contribution is -0.122. The number of para-hydroxylation sites is 1. The van der Waals surface area contributed by atoms with E-state index in [-0.39, 0.29) is 36.5 Å². The van der Waals surface area contributed by atoms with E-state index in [0.717, 1.165) is 31.2 Å². The Bertz CT molecular complexity index is 1470. The quantitative estimate of drug-likeness (QED) is 0.462. The maximum Gasteiger partial charge on any atom is 0.331 e. The second kappa shape index (κ2) is 11.2. The predicted octanol–water partition coefficient (Wildman–Crippen LogP) is 3.13. The molecule has 0 radical (unpaired) electrons. The highest BCUT2D eigenvalue weighted by atomic mass is 16.5. The number of hydrogen-bond acceptors (Lipinski definition) is 5.